The van der Waals surface area contributed by atoms with Crippen molar-refractivity contribution in [2.75, 3.05) is 0 Å². The fraction of sp³-hybridized carbons (Fsp3) is 0. The molecule has 2 aromatic rings. The summed E-state index contributed by atoms with van der Waals surface area (Å²) in [5.74, 6) is -2.01. The molecule has 93 valence electrons. The first-order valence-electron chi connectivity index (χ1n) is 4.74. The third kappa shape index (κ3) is 2.13. The summed E-state index contributed by atoms with van der Waals surface area (Å²) in [6, 6.07) is 5.92. The average Bonchev–Trinajstić information content (AvgIpc) is 2.25. The van der Waals surface area contributed by atoms with Crippen LogP contribution in [0.25, 0.3) is 10.8 Å². The van der Waals surface area contributed by atoms with Crippen molar-refractivity contribution in [1.29, 1.82) is 0 Å². The van der Waals surface area contributed by atoms with Gasteiger partial charge in [-0.15, -0.1) is 0 Å². The number of hydrogen-bond acceptors (Lipinski definition) is 3. The predicted octanol–water partition coefficient (Wildman–Crippen LogP) is 1.93. The van der Waals surface area contributed by atoms with E-state index in [-0.39, 0.29) is 10.9 Å². The van der Waals surface area contributed by atoms with Crippen LogP contribution in [0.5, 0.6) is 5.75 Å². The molecule has 2 N–H and O–H groups in total. The Morgan fingerprint density at radius 3 is 2.28 bits per heavy atom. The zero-order chi connectivity index (χ0) is 13.5. The van der Waals surface area contributed by atoms with E-state index in [9.17, 15) is 18.3 Å². The van der Waals surface area contributed by atoms with Crippen molar-refractivity contribution < 1.29 is 28.0 Å². The molecule has 2 rings (SSSR count). The van der Waals surface area contributed by atoms with Gasteiger partial charge >= 0.3 is 5.97 Å². The summed E-state index contributed by atoms with van der Waals surface area (Å²) in [6.07, 6.45) is 0. The van der Waals surface area contributed by atoms with E-state index in [0.29, 0.717) is 5.39 Å². The molecule has 7 heteroatoms. The number of carbonyl (C=O) groups is 1. The Hall–Kier alpha value is -2.12. The third-order valence-corrected chi connectivity index (χ3v) is 3.30. The number of fused-ring (bicyclic) bond motifs is 1. The van der Waals surface area contributed by atoms with Gasteiger partial charge in [0.05, 0.1) is 5.56 Å². The third-order valence-electron chi connectivity index (χ3n) is 2.43. The Morgan fingerprint density at radius 2 is 1.72 bits per heavy atom. The molecule has 0 amide bonds. The van der Waals surface area contributed by atoms with Crippen LogP contribution in [0, 0.1) is 0 Å². The van der Waals surface area contributed by atoms with Gasteiger partial charge in [-0.1, -0.05) is 6.07 Å². The Labute approximate surface area is 102 Å². The number of hydrogen-bond donors (Lipinski definition) is 2. The molecule has 1 radical (unpaired) electrons. The van der Waals surface area contributed by atoms with Gasteiger partial charge in [-0.2, -0.15) is 8.42 Å². The molecule has 18 heavy (non-hydrogen) atoms. The molecule has 0 saturated heterocycles. The molecule has 0 aromatic heterocycles. The SMILES string of the molecule is [O]c1cc2ccc(C(=O)O)cc2cc1S(=O)(=O)O. The number of aromatic carboxylic acids is 1. The highest BCUT2D eigenvalue weighted by molar-refractivity contribution is 7.86. The van der Waals surface area contributed by atoms with Crippen molar-refractivity contribution in [2.45, 2.75) is 4.90 Å². The molecule has 6 nitrogen and oxygen atoms in total. The second-order valence-electron chi connectivity index (χ2n) is 3.64. The van der Waals surface area contributed by atoms with Gasteiger partial charge in [0.25, 0.3) is 10.1 Å². The first-order valence-corrected chi connectivity index (χ1v) is 6.18. The fourth-order valence-corrected chi connectivity index (χ4v) is 2.18. The topological polar surface area (TPSA) is 112 Å². The summed E-state index contributed by atoms with van der Waals surface area (Å²) in [5.41, 5.74) is -0.0394. The van der Waals surface area contributed by atoms with Gasteiger partial charge in [-0.3, -0.25) is 9.66 Å². The van der Waals surface area contributed by atoms with Crippen LogP contribution in [-0.4, -0.2) is 24.0 Å². The molecular formula is C11H7O6S. The fourth-order valence-electron chi connectivity index (χ4n) is 1.59. The second-order valence-corrected chi connectivity index (χ2v) is 5.03. The monoisotopic (exact) mass is 267 g/mol. The van der Waals surface area contributed by atoms with Gasteiger partial charge in [-0.25, -0.2) is 4.79 Å². The highest BCUT2D eigenvalue weighted by atomic mass is 32.2. The predicted molar refractivity (Wildman–Crippen MR) is 60.9 cm³/mol. The molecule has 0 unspecified atom stereocenters. The highest BCUT2D eigenvalue weighted by Gasteiger charge is 2.18. The summed E-state index contributed by atoms with van der Waals surface area (Å²) in [5, 5.41) is 20.9. The lowest BCUT2D eigenvalue weighted by Crippen LogP contribution is -1.99. The zero-order valence-electron chi connectivity index (χ0n) is 8.82. The van der Waals surface area contributed by atoms with Crippen LogP contribution in [0.1, 0.15) is 10.4 Å². The quantitative estimate of drug-likeness (QED) is 0.807. The minimum absolute atomic E-state index is 0.0394. The van der Waals surface area contributed by atoms with E-state index < -0.39 is 26.7 Å². The molecule has 0 aliphatic rings. The van der Waals surface area contributed by atoms with E-state index in [1.807, 2.05) is 0 Å². The van der Waals surface area contributed by atoms with Crippen LogP contribution < -0.4 is 0 Å². The highest BCUT2D eigenvalue weighted by Crippen LogP contribution is 2.29. The molecule has 0 fully saturated rings. The Bertz CT molecular complexity index is 747. The first-order chi connectivity index (χ1) is 8.29. The molecule has 0 bridgehead atoms. The number of rotatable bonds is 2. The van der Waals surface area contributed by atoms with Gasteiger partial charge in [0.1, 0.15) is 4.90 Å². The lowest BCUT2D eigenvalue weighted by molar-refractivity contribution is 0.0697. The zero-order valence-corrected chi connectivity index (χ0v) is 9.64. The largest absolute Gasteiger partial charge is 0.478 e. The molecule has 0 spiro atoms. The second kappa shape index (κ2) is 3.97. The van der Waals surface area contributed by atoms with Gasteiger partial charge in [-0.05, 0) is 35.0 Å². The lowest BCUT2D eigenvalue weighted by atomic mass is 10.1. The van der Waals surface area contributed by atoms with Crippen LogP contribution in [-0.2, 0) is 15.2 Å². The molecule has 0 aliphatic carbocycles. The molecule has 0 heterocycles. The summed E-state index contributed by atoms with van der Waals surface area (Å²) in [4.78, 5) is 10.00. The van der Waals surface area contributed by atoms with Crippen molar-refractivity contribution in [3.05, 3.63) is 35.9 Å². The minimum Gasteiger partial charge on any atom is -0.478 e. The van der Waals surface area contributed by atoms with Gasteiger partial charge in [0, 0.05) is 0 Å². The van der Waals surface area contributed by atoms with Crippen molar-refractivity contribution in [1.82, 2.24) is 0 Å². The lowest BCUT2D eigenvalue weighted by Gasteiger charge is -2.03. The van der Waals surface area contributed by atoms with Crippen LogP contribution >= 0.6 is 0 Å². The summed E-state index contributed by atoms with van der Waals surface area (Å²) in [7, 11) is -4.62. The summed E-state index contributed by atoms with van der Waals surface area (Å²) in [6.45, 7) is 0. The van der Waals surface area contributed by atoms with Crippen LogP contribution in [0.15, 0.2) is 35.2 Å². The Balaban J connectivity index is 2.79. The van der Waals surface area contributed by atoms with Crippen LogP contribution in [0.4, 0.5) is 0 Å². The smallest absolute Gasteiger partial charge is 0.335 e. The number of benzene rings is 2. The maximum atomic E-state index is 11.4. The maximum absolute atomic E-state index is 11.4. The molecule has 0 aliphatic heterocycles. The molecule has 2 aromatic carbocycles. The Kier molecular flexibility index (Phi) is 2.72. The summed E-state index contributed by atoms with van der Waals surface area (Å²) < 4.78 is 30.8. The van der Waals surface area contributed by atoms with Crippen LogP contribution in [0.2, 0.25) is 0 Å². The maximum Gasteiger partial charge on any atom is 0.335 e. The van der Waals surface area contributed by atoms with Crippen LogP contribution in [0.3, 0.4) is 0 Å². The standard InChI is InChI=1S/C11H7O6S/c12-9-4-6-1-2-7(11(13)14)3-8(6)5-10(9)18(15,16)17/h1-5H,(H,13,14)(H,15,16,17). The molecule has 0 atom stereocenters. The van der Waals surface area contributed by atoms with E-state index in [1.54, 1.807) is 0 Å². The Morgan fingerprint density at radius 1 is 1.06 bits per heavy atom. The molecular weight excluding hydrogens is 260 g/mol. The van der Waals surface area contributed by atoms with Gasteiger partial charge in [0.2, 0.25) is 0 Å². The van der Waals surface area contributed by atoms with Gasteiger partial charge < -0.3 is 5.11 Å². The van der Waals surface area contributed by atoms with Crippen molar-refractivity contribution in [2.24, 2.45) is 0 Å². The molecule has 0 saturated carbocycles. The van der Waals surface area contributed by atoms with E-state index >= 15 is 0 Å². The van der Waals surface area contributed by atoms with E-state index in [1.165, 1.54) is 18.2 Å². The van der Waals surface area contributed by atoms with E-state index in [4.69, 9.17) is 9.66 Å². The van der Waals surface area contributed by atoms with Crippen molar-refractivity contribution in [3.63, 3.8) is 0 Å². The van der Waals surface area contributed by atoms with E-state index in [2.05, 4.69) is 0 Å². The normalized spacial score (nSPS) is 11.6. The first kappa shape index (κ1) is 12.3. The number of carboxylic acid groups (broad SMARTS) is 1. The van der Waals surface area contributed by atoms with Crippen molar-refractivity contribution >= 4 is 26.9 Å². The van der Waals surface area contributed by atoms with E-state index in [0.717, 1.165) is 12.1 Å². The number of carboxylic acids is 1. The average molecular weight is 267 g/mol. The van der Waals surface area contributed by atoms with Gasteiger partial charge in [0.15, 0.2) is 5.75 Å². The summed E-state index contributed by atoms with van der Waals surface area (Å²) >= 11 is 0. The van der Waals surface area contributed by atoms with Crippen molar-refractivity contribution in [3.8, 4) is 5.75 Å². The minimum atomic E-state index is -4.62.